The van der Waals surface area contributed by atoms with Gasteiger partial charge in [-0.3, -0.25) is 0 Å². The Hall–Kier alpha value is -0.0800. The monoisotopic (exact) mass is 241 g/mol. The molecule has 1 rings (SSSR count). The molecule has 0 saturated carbocycles. The molecule has 102 valence electrons. The van der Waals surface area contributed by atoms with E-state index in [2.05, 4.69) is 39.5 Å². The van der Waals surface area contributed by atoms with Gasteiger partial charge in [-0.05, 0) is 43.2 Å². The highest BCUT2D eigenvalue weighted by Gasteiger charge is 2.29. The van der Waals surface area contributed by atoms with Crippen molar-refractivity contribution in [2.24, 2.45) is 10.8 Å². The van der Waals surface area contributed by atoms with Crippen LogP contribution in [0, 0.1) is 10.8 Å². The molecule has 1 saturated heterocycles. The standard InChI is InChI=1S/C15H31NO/c1-6-15(5)8-11-16(12-9-15)10-7-13(17)14(2,3)4/h13,17H,6-12H2,1-5H3. The van der Waals surface area contributed by atoms with Crippen molar-refractivity contribution >= 4 is 0 Å². The zero-order valence-corrected chi connectivity index (χ0v) is 12.4. The van der Waals surface area contributed by atoms with Crippen molar-refractivity contribution in [2.45, 2.75) is 66.4 Å². The topological polar surface area (TPSA) is 23.5 Å². The Morgan fingerprint density at radius 1 is 1.24 bits per heavy atom. The Kier molecular flexibility index (Phi) is 5.03. The molecule has 1 N–H and O–H groups in total. The number of rotatable bonds is 4. The van der Waals surface area contributed by atoms with Crippen molar-refractivity contribution in [1.29, 1.82) is 0 Å². The van der Waals surface area contributed by atoms with Crippen LogP contribution in [0.4, 0.5) is 0 Å². The lowest BCUT2D eigenvalue weighted by atomic mass is 9.78. The maximum Gasteiger partial charge on any atom is 0.0600 e. The van der Waals surface area contributed by atoms with Crippen LogP contribution < -0.4 is 0 Å². The van der Waals surface area contributed by atoms with Crippen molar-refractivity contribution in [2.75, 3.05) is 19.6 Å². The van der Waals surface area contributed by atoms with Gasteiger partial charge in [0.15, 0.2) is 0 Å². The van der Waals surface area contributed by atoms with Gasteiger partial charge in [0.2, 0.25) is 0 Å². The summed E-state index contributed by atoms with van der Waals surface area (Å²) in [5.74, 6) is 0. The lowest BCUT2D eigenvalue weighted by molar-refractivity contribution is 0.0358. The fraction of sp³-hybridized carbons (Fsp3) is 1.00. The first-order chi connectivity index (χ1) is 7.77. The van der Waals surface area contributed by atoms with E-state index >= 15 is 0 Å². The normalized spacial score (nSPS) is 23.6. The minimum absolute atomic E-state index is 0.0215. The molecule has 1 unspecified atom stereocenters. The van der Waals surface area contributed by atoms with E-state index in [1.165, 1.54) is 32.4 Å². The summed E-state index contributed by atoms with van der Waals surface area (Å²) in [6.07, 6.45) is 4.66. The van der Waals surface area contributed by atoms with Crippen LogP contribution in [0.1, 0.15) is 60.3 Å². The minimum Gasteiger partial charge on any atom is -0.393 e. The minimum atomic E-state index is -0.179. The van der Waals surface area contributed by atoms with Gasteiger partial charge >= 0.3 is 0 Å². The summed E-state index contributed by atoms with van der Waals surface area (Å²) < 4.78 is 0. The Balaban J connectivity index is 2.28. The van der Waals surface area contributed by atoms with Gasteiger partial charge in [-0.2, -0.15) is 0 Å². The molecule has 0 radical (unpaired) electrons. The lowest BCUT2D eigenvalue weighted by Gasteiger charge is -2.39. The molecule has 0 bridgehead atoms. The van der Waals surface area contributed by atoms with Crippen molar-refractivity contribution in [3.63, 3.8) is 0 Å². The Bertz CT molecular complexity index is 224. The predicted molar refractivity (Wildman–Crippen MR) is 74.2 cm³/mol. The molecule has 1 fully saturated rings. The second-order valence-electron chi connectivity index (χ2n) is 7.18. The van der Waals surface area contributed by atoms with Gasteiger partial charge in [0.25, 0.3) is 0 Å². The molecule has 0 spiro atoms. The maximum atomic E-state index is 10.0. The quantitative estimate of drug-likeness (QED) is 0.816. The number of likely N-dealkylation sites (tertiary alicyclic amines) is 1. The zero-order valence-electron chi connectivity index (χ0n) is 12.4. The average Bonchev–Trinajstić information content (AvgIpc) is 2.27. The summed E-state index contributed by atoms with van der Waals surface area (Å²) in [7, 11) is 0. The smallest absolute Gasteiger partial charge is 0.0600 e. The largest absolute Gasteiger partial charge is 0.393 e. The van der Waals surface area contributed by atoms with Crippen molar-refractivity contribution in [1.82, 2.24) is 4.90 Å². The van der Waals surface area contributed by atoms with Gasteiger partial charge < -0.3 is 10.0 Å². The Morgan fingerprint density at radius 2 is 1.76 bits per heavy atom. The summed E-state index contributed by atoms with van der Waals surface area (Å²) in [5, 5.41) is 10.0. The molecule has 0 amide bonds. The maximum absolute atomic E-state index is 10.0. The Morgan fingerprint density at radius 3 is 2.18 bits per heavy atom. The molecule has 2 nitrogen and oxygen atoms in total. The van der Waals surface area contributed by atoms with E-state index in [-0.39, 0.29) is 11.5 Å². The summed E-state index contributed by atoms with van der Waals surface area (Å²) in [6, 6.07) is 0. The summed E-state index contributed by atoms with van der Waals surface area (Å²) >= 11 is 0. The zero-order chi connectivity index (χ0) is 13.1. The molecule has 0 aromatic heterocycles. The molecule has 17 heavy (non-hydrogen) atoms. The third-order valence-corrected chi connectivity index (χ3v) is 4.64. The molecular formula is C15H31NO. The van der Waals surface area contributed by atoms with Crippen molar-refractivity contribution in [3.05, 3.63) is 0 Å². The lowest BCUT2D eigenvalue weighted by Crippen LogP contribution is -2.40. The molecule has 0 aromatic rings. The number of hydrogen-bond donors (Lipinski definition) is 1. The van der Waals surface area contributed by atoms with Gasteiger partial charge in [-0.15, -0.1) is 0 Å². The highest BCUT2D eigenvalue weighted by molar-refractivity contribution is 4.82. The third kappa shape index (κ3) is 4.59. The fourth-order valence-electron chi connectivity index (χ4n) is 2.41. The van der Waals surface area contributed by atoms with E-state index in [0.29, 0.717) is 5.41 Å². The van der Waals surface area contributed by atoms with Crippen LogP contribution in [-0.2, 0) is 0 Å². The molecule has 1 atom stereocenters. The molecule has 1 aliphatic heterocycles. The molecule has 2 heteroatoms. The number of nitrogens with zero attached hydrogens (tertiary/aromatic N) is 1. The molecule has 1 heterocycles. The van der Waals surface area contributed by atoms with Crippen LogP contribution in [0.3, 0.4) is 0 Å². The van der Waals surface area contributed by atoms with Gasteiger partial charge in [0.1, 0.15) is 0 Å². The number of aliphatic hydroxyl groups excluding tert-OH is 1. The Labute approximate surface area is 107 Å². The summed E-state index contributed by atoms with van der Waals surface area (Å²) in [5.41, 5.74) is 0.590. The van der Waals surface area contributed by atoms with Gasteiger partial charge in [0.05, 0.1) is 6.10 Å². The number of aliphatic hydroxyl groups is 1. The molecular weight excluding hydrogens is 210 g/mol. The van der Waals surface area contributed by atoms with E-state index in [0.717, 1.165) is 13.0 Å². The first kappa shape index (κ1) is 15.0. The van der Waals surface area contributed by atoms with Gasteiger partial charge in [-0.25, -0.2) is 0 Å². The predicted octanol–water partition coefficient (Wildman–Crippen LogP) is 3.30. The third-order valence-electron chi connectivity index (χ3n) is 4.64. The summed E-state index contributed by atoms with van der Waals surface area (Å²) in [4.78, 5) is 2.52. The fourth-order valence-corrected chi connectivity index (χ4v) is 2.41. The first-order valence-corrected chi connectivity index (χ1v) is 7.17. The van der Waals surface area contributed by atoms with Crippen LogP contribution in [0.2, 0.25) is 0 Å². The highest BCUT2D eigenvalue weighted by Crippen LogP contribution is 2.34. The first-order valence-electron chi connectivity index (χ1n) is 7.17. The van der Waals surface area contributed by atoms with Crippen LogP contribution in [0.25, 0.3) is 0 Å². The molecule has 0 aromatic carbocycles. The van der Waals surface area contributed by atoms with Crippen LogP contribution in [0.15, 0.2) is 0 Å². The van der Waals surface area contributed by atoms with Crippen LogP contribution in [-0.4, -0.2) is 35.7 Å². The molecule has 0 aliphatic carbocycles. The number of piperidine rings is 1. The van der Waals surface area contributed by atoms with E-state index in [4.69, 9.17) is 0 Å². The van der Waals surface area contributed by atoms with Gasteiger partial charge in [-0.1, -0.05) is 41.0 Å². The van der Waals surface area contributed by atoms with E-state index in [1.54, 1.807) is 0 Å². The second-order valence-corrected chi connectivity index (χ2v) is 7.18. The van der Waals surface area contributed by atoms with E-state index < -0.39 is 0 Å². The SMILES string of the molecule is CCC1(C)CCN(CCC(O)C(C)(C)C)CC1. The van der Waals surface area contributed by atoms with Crippen molar-refractivity contribution in [3.8, 4) is 0 Å². The highest BCUT2D eigenvalue weighted by atomic mass is 16.3. The number of hydrogen-bond acceptors (Lipinski definition) is 2. The molecule has 1 aliphatic rings. The van der Waals surface area contributed by atoms with Crippen molar-refractivity contribution < 1.29 is 5.11 Å². The van der Waals surface area contributed by atoms with E-state index in [1.807, 2.05) is 0 Å². The second kappa shape index (κ2) is 5.71. The summed E-state index contributed by atoms with van der Waals surface area (Å²) in [6.45, 7) is 14.5. The van der Waals surface area contributed by atoms with Crippen LogP contribution >= 0.6 is 0 Å². The van der Waals surface area contributed by atoms with Crippen LogP contribution in [0.5, 0.6) is 0 Å². The average molecular weight is 241 g/mol. The van der Waals surface area contributed by atoms with Gasteiger partial charge in [0, 0.05) is 6.54 Å². The van der Waals surface area contributed by atoms with E-state index in [9.17, 15) is 5.11 Å².